The lowest BCUT2D eigenvalue weighted by Crippen LogP contribution is -2.49. The summed E-state index contributed by atoms with van der Waals surface area (Å²) in [5.74, 6) is 0.678. The molecule has 0 spiro atoms. The number of ether oxygens (including phenoxy) is 1. The van der Waals surface area contributed by atoms with E-state index in [0.29, 0.717) is 5.92 Å². The number of hydrogen-bond donors (Lipinski definition) is 2. The zero-order valence-electron chi connectivity index (χ0n) is 15.6. The molecular formula is C18H33N3O3. The summed E-state index contributed by atoms with van der Waals surface area (Å²) in [5.41, 5.74) is -0.689. The molecule has 0 aromatic rings. The molecule has 0 saturated carbocycles. The van der Waals surface area contributed by atoms with Gasteiger partial charge in [-0.25, -0.2) is 4.79 Å². The average Bonchev–Trinajstić information content (AvgIpc) is 2.54. The highest BCUT2D eigenvalue weighted by molar-refractivity contribution is 5.82. The van der Waals surface area contributed by atoms with Crippen LogP contribution in [0.1, 0.15) is 52.9 Å². The minimum Gasteiger partial charge on any atom is -0.444 e. The van der Waals surface area contributed by atoms with E-state index < -0.39 is 5.60 Å². The number of nitrogens with zero attached hydrogens (tertiary/aromatic N) is 1. The van der Waals surface area contributed by atoms with Gasteiger partial charge >= 0.3 is 6.09 Å². The summed E-state index contributed by atoms with van der Waals surface area (Å²) in [7, 11) is 1.73. The van der Waals surface area contributed by atoms with Gasteiger partial charge in [-0.3, -0.25) is 4.79 Å². The van der Waals surface area contributed by atoms with Crippen molar-refractivity contribution in [2.45, 2.75) is 58.5 Å². The molecule has 2 amide bonds. The van der Waals surface area contributed by atoms with E-state index >= 15 is 0 Å². The SMILES string of the molecule is CNC(=O)C1(CC2CCN(C(=O)OC(C)(C)C)CC2)CCNCC1. The van der Waals surface area contributed by atoms with Gasteiger partial charge in [0, 0.05) is 20.1 Å². The number of hydrogen-bond acceptors (Lipinski definition) is 4. The van der Waals surface area contributed by atoms with Crippen molar-refractivity contribution in [3.63, 3.8) is 0 Å². The van der Waals surface area contributed by atoms with E-state index in [1.54, 1.807) is 11.9 Å². The van der Waals surface area contributed by atoms with Gasteiger partial charge < -0.3 is 20.3 Å². The average molecular weight is 339 g/mol. The summed E-state index contributed by atoms with van der Waals surface area (Å²) in [5, 5.41) is 6.22. The number of piperidine rings is 2. The molecule has 0 bridgehead atoms. The van der Waals surface area contributed by atoms with E-state index in [1.165, 1.54) is 0 Å². The Kier molecular flexibility index (Phi) is 6.12. The predicted octanol–water partition coefficient (Wildman–Crippen LogP) is 2.14. The molecule has 0 aromatic carbocycles. The van der Waals surface area contributed by atoms with Crippen LogP contribution in [0.3, 0.4) is 0 Å². The molecular weight excluding hydrogens is 306 g/mol. The molecule has 0 atom stereocenters. The highest BCUT2D eigenvalue weighted by atomic mass is 16.6. The van der Waals surface area contributed by atoms with Gasteiger partial charge in [-0.1, -0.05) is 0 Å². The van der Waals surface area contributed by atoms with Crippen LogP contribution in [0, 0.1) is 11.3 Å². The van der Waals surface area contributed by atoms with Crippen molar-refractivity contribution in [3.8, 4) is 0 Å². The van der Waals surface area contributed by atoms with Gasteiger partial charge in [0.25, 0.3) is 0 Å². The Morgan fingerprint density at radius 3 is 2.29 bits per heavy atom. The molecule has 138 valence electrons. The Hall–Kier alpha value is -1.30. The van der Waals surface area contributed by atoms with Crippen LogP contribution in [0.5, 0.6) is 0 Å². The standard InChI is InChI=1S/C18H33N3O3/c1-17(2,3)24-16(23)21-11-5-14(6-12-21)13-18(15(22)19-4)7-9-20-10-8-18/h14,20H,5-13H2,1-4H3,(H,19,22). The topological polar surface area (TPSA) is 70.7 Å². The van der Waals surface area contributed by atoms with Crippen LogP contribution in [0.15, 0.2) is 0 Å². The molecule has 6 heteroatoms. The number of carbonyl (C=O) groups is 2. The predicted molar refractivity (Wildman–Crippen MR) is 93.8 cm³/mol. The lowest BCUT2D eigenvalue weighted by atomic mass is 9.70. The Morgan fingerprint density at radius 1 is 1.21 bits per heavy atom. The van der Waals surface area contributed by atoms with Gasteiger partial charge in [0.1, 0.15) is 5.60 Å². The fraction of sp³-hybridized carbons (Fsp3) is 0.889. The van der Waals surface area contributed by atoms with Crippen LogP contribution in [-0.2, 0) is 9.53 Å². The summed E-state index contributed by atoms with van der Waals surface area (Å²) in [6, 6.07) is 0. The third kappa shape index (κ3) is 4.85. The number of amides is 2. The Morgan fingerprint density at radius 2 is 1.79 bits per heavy atom. The quantitative estimate of drug-likeness (QED) is 0.826. The first-order valence-corrected chi connectivity index (χ1v) is 9.17. The molecule has 2 rings (SSSR count). The van der Waals surface area contributed by atoms with Gasteiger partial charge in [-0.15, -0.1) is 0 Å². The molecule has 0 aliphatic carbocycles. The zero-order valence-corrected chi connectivity index (χ0v) is 15.6. The van der Waals surface area contributed by atoms with Crippen LogP contribution < -0.4 is 10.6 Å². The number of likely N-dealkylation sites (tertiary alicyclic amines) is 1. The molecule has 2 heterocycles. The third-order valence-electron chi connectivity index (χ3n) is 5.22. The second-order valence-corrected chi connectivity index (χ2v) is 8.22. The molecule has 2 aliphatic heterocycles. The molecule has 2 saturated heterocycles. The summed E-state index contributed by atoms with van der Waals surface area (Å²) >= 11 is 0. The minimum absolute atomic E-state index is 0.179. The first-order chi connectivity index (χ1) is 11.3. The lowest BCUT2D eigenvalue weighted by Gasteiger charge is -2.41. The van der Waals surface area contributed by atoms with E-state index in [0.717, 1.165) is 58.3 Å². The highest BCUT2D eigenvalue weighted by Crippen LogP contribution is 2.39. The maximum atomic E-state index is 12.5. The maximum absolute atomic E-state index is 12.5. The molecule has 2 aliphatic rings. The number of carbonyl (C=O) groups excluding carboxylic acids is 2. The smallest absolute Gasteiger partial charge is 0.410 e. The zero-order chi connectivity index (χ0) is 17.8. The Balaban J connectivity index is 1.89. The molecule has 24 heavy (non-hydrogen) atoms. The van der Waals surface area contributed by atoms with Crippen molar-refractivity contribution < 1.29 is 14.3 Å². The van der Waals surface area contributed by atoms with Crippen molar-refractivity contribution in [3.05, 3.63) is 0 Å². The maximum Gasteiger partial charge on any atom is 0.410 e. The Bertz CT molecular complexity index is 445. The summed E-state index contributed by atoms with van der Waals surface area (Å²) in [6.45, 7) is 8.93. The van der Waals surface area contributed by atoms with Crippen molar-refractivity contribution in [1.29, 1.82) is 0 Å². The van der Waals surface area contributed by atoms with E-state index in [-0.39, 0.29) is 17.4 Å². The van der Waals surface area contributed by atoms with E-state index in [2.05, 4.69) is 10.6 Å². The highest BCUT2D eigenvalue weighted by Gasteiger charge is 2.41. The molecule has 2 N–H and O–H groups in total. The fourth-order valence-corrected chi connectivity index (χ4v) is 3.89. The van der Waals surface area contributed by atoms with Gasteiger partial charge in [0.2, 0.25) is 5.91 Å². The van der Waals surface area contributed by atoms with E-state index in [1.807, 2.05) is 20.8 Å². The first-order valence-electron chi connectivity index (χ1n) is 9.17. The van der Waals surface area contributed by atoms with Crippen LogP contribution >= 0.6 is 0 Å². The summed E-state index contributed by atoms with van der Waals surface area (Å²) < 4.78 is 5.45. The Labute approximate surface area is 145 Å². The van der Waals surface area contributed by atoms with E-state index in [4.69, 9.17) is 4.74 Å². The summed E-state index contributed by atoms with van der Waals surface area (Å²) in [6.07, 6.45) is 4.41. The molecule has 0 aromatic heterocycles. The van der Waals surface area contributed by atoms with Crippen molar-refractivity contribution in [2.24, 2.45) is 11.3 Å². The third-order valence-corrected chi connectivity index (χ3v) is 5.22. The normalized spacial score (nSPS) is 22.1. The van der Waals surface area contributed by atoms with E-state index in [9.17, 15) is 9.59 Å². The largest absolute Gasteiger partial charge is 0.444 e. The van der Waals surface area contributed by atoms with Crippen LogP contribution in [-0.4, -0.2) is 55.7 Å². The van der Waals surface area contributed by atoms with Crippen LogP contribution in [0.25, 0.3) is 0 Å². The van der Waals surface area contributed by atoms with Gasteiger partial charge in [0.05, 0.1) is 5.41 Å². The van der Waals surface area contributed by atoms with Crippen molar-refractivity contribution in [2.75, 3.05) is 33.2 Å². The van der Waals surface area contributed by atoms with Crippen LogP contribution in [0.4, 0.5) is 4.79 Å². The van der Waals surface area contributed by atoms with Gasteiger partial charge in [-0.2, -0.15) is 0 Å². The summed E-state index contributed by atoms with van der Waals surface area (Å²) in [4.78, 5) is 26.4. The first kappa shape index (κ1) is 19.0. The minimum atomic E-state index is -0.452. The number of nitrogens with one attached hydrogen (secondary N) is 2. The fourth-order valence-electron chi connectivity index (χ4n) is 3.89. The molecule has 2 fully saturated rings. The van der Waals surface area contributed by atoms with Crippen molar-refractivity contribution in [1.82, 2.24) is 15.5 Å². The van der Waals surface area contributed by atoms with Gasteiger partial charge in [0.15, 0.2) is 0 Å². The molecule has 0 radical (unpaired) electrons. The number of rotatable bonds is 3. The van der Waals surface area contributed by atoms with Crippen LogP contribution in [0.2, 0.25) is 0 Å². The molecule has 6 nitrogen and oxygen atoms in total. The lowest BCUT2D eigenvalue weighted by molar-refractivity contribution is -0.133. The second-order valence-electron chi connectivity index (χ2n) is 8.22. The second kappa shape index (κ2) is 7.72. The van der Waals surface area contributed by atoms with Gasteiger partial charge in [-0.05, 0) is 71.9 Å². The monoisotopic (exact) mass is 339 g/mol. The van der Waals surface area contributed by atoms with Crippen molar-refractivity contribution >= 4 is 12.0 Å². The molecule has 0 unspecified atom stereocenters.